The van der Waals surface area contributed by atoms with Crippen molar-refractivity contribution in [1.29, 1.82) is 0 Å². The molecule has 4 heterocycles. The van der Waals surface area contributed by atoms with Crippen LogP contribution in [0.25, 0.3) is 11.3 Å². The molecule has 1 saturated heterocycles. The summed E-state index contributed by atoms with van der Waals surface area (Å²) in [5, 5.41) is 3.38. The summed E-state index contributed by atoms with van der Waals surface area (Å²) < 4.78 is 5.62. The van der Waals surface area contributed by atoms with Crippen molar-refractivity contribution in [2.75, 3.05) is 48.9 Å². The van der Waals surface area contributed by atoms with Crippen molar-refractivity contribution >= 4 is 30.1 Å². The van der Waals surface area contributed by atoms with E-state index >= 15 is 0 Å². The molecule has 5 rings (SSSR count). The Morgan fingerprint density at radius 1 is 1.13 bits per heavy atom. The Morgan fingerprint density at radius 2 is 1.90 bits per heavy atom. The monoisotopic (exact) mass is 432 g/mol. The second kappa shape index (κ2) is 8.49. The van der Waals surface area contributed by atoms with Gasteiger partial charge in [-0.2, -0.15) is 4.98 Å². The zero-order chi connectivity index (χ0) is 20.0. The highest BCUT2D eigenvalue weighted by Gasteiger charge is 2.38. The molecule has 30 heavy (non-hydrogen) atoms. The van der Waals surface area contributed by atoms with Crippen LogP contribution in [0.4, 0.5) is 17.7 Å². The second-order valence-electron chi connectivity index (χ2n) is 8.18. The molecule has 2 aliphatic heterocycles. The van der Waals surface area contributed by atoms with E-state index < -0.39 is 0 Å². The molecule has 1 aliphatic carbocycles. The van der Waals surface area contributed by atoms with Crippen molar-refractivity contribution in [3.8, 4) is 11.3 Å². The number of ether oxygens (including phenoxy) is 1. The molecule has 3 aliphatic rings. The highest BCUT2D eigenvalue weighted by atomic mass is 35.5. The van der Waals surface area contributed by atoms with E-state index in [4.69, 9.17) is 20.4 Å². The van der Waals surface area contributed by atoms with E-state index in [1.54, 1.807) is 12.4 Å². The minimum absolute atomic E-state index is 0. The summed E-state index contributed by atoms with van der Waals surface area (Å²) >= 11 is 0. The lowest BCUT2D eigenvalue weighted by Crippen LogP contribution is -2.51. The summed E-state index contributed by atoms with van der Waals surface area (Å²) in [5.74, 6) is 2.11. The molecule has 2 aromatic heterocycles. The van der Waals surface area contributed by atoms with Gasteiger partial charge < -0.3 is 25.6 Å². The van der Waals surface area contributed by atoms with E-state index in [1.165, 1.54) is 5.56 Å². The number of nitrogens with one attached hydrogen (secondary N) is 1. The molecule has 0 bridgehead atoms. The molecular weight excluding hydrogens is 404 g/mol. The molecule has 0 radical (unpaired) electrons. The van der Waals surface area contributed by atoms with Crippen molar-refractivity contribution in [3.63, 3.8) is 0 Å². The summed E-state index contributed by atoms with van der Waals surface area (Å²) in [6, 6.07) is 1.38. The van der Waals surface area contributed by atoms with Crippen LogP contribution in [0.15, 0.2) is 12.4 Å². The second-order valence-corrected chi connectivity index (χ2v) is 8.18. The molecular formula is C20H29ClN8O. The number of hydrogen-bond acceptors (Lipinski definition) is 9. The number of morpholine rings is 1. The first-order chi connectivity index (χ1) is 14.1. The van der Waals surface area contributed by atoms with Gasteiger partial charge in [-0.05, 0) is 33.2 Å². The minimum atomic E-state index is 0. The maximum Gasteiger partial charge on any atom is 0.228 e. The Labute approximate surface area is 182 Å². The molecule has 10 heteroatoms. The fraction of sp³-hybridized carbons (Fsp3) is 0.600. The maximum atomic E-state index is 5.70. The number of nitrogens with zero attached hydrogens (tertiary/aromatic N) is 6. The maximum absolute atomic E-state index is 5.70. The van der Waals surface area contributed by atoms with Gasteiger partial charge in [-0.25, -0.2) is 15.0 Å². The van der Waals surface area contributed by atoms with Gasteiger partial charge in [0.1, 0.15) is 5.82 Å². The fourth-order valence-corrected chi connectivity index (χ4v) is 4.55. The Kier molecular flexibility index (Phi) is 5.95. The number of anilines is 3. The van der Waals surface area contributed by atoms with Gasteiger partial charge in [0.05, 0.1) is 24.9 Å². The standard InChI is InChI=1S/C20H28N8O.ClH/c1-12-11-29-6-5-27(12)20-25-17(13-9-23-19(21)24-10-13)16-3-4-28(18(16)26-20)15-7-14(8-15)22-2;/h9-10,12,14-15,22H,3-8,11H2,1-2H3,(H2,21,23,24);1H/t12-,14-,15+;/m0./s1. The lowest BCUT2D eigenvalue weighted by Gasteiger charge is -2.42. The number of hydrogen-bond donors (Lipinski definition) is 2. The third-order valence-electron chi connectivity index (χ3n) is 6.38. The van der Waals surface area contributed by atoms with Crippen LogP contribution in [0, 0.1) is 0 Å². The quantitative estimate of drug-likeness (QED) is 0.738. The largest absolute Gasteiger partial charge is 0.377 e. The highest BCUT2D eigenvalue weighted by Crippen LogP contribution is 2.40. The van der Waals surface area contributed by atoms with Crippen LogP contribution in [-0.2, 0) is 11.2 Å². The first kappa shape index (κ1) is 21.0. The lowest BCUT2D eigenvalue weighted by atomic mass is 9.86. The van der Waals surface area contributed by atoms with Crippen LogP contribution in [0.1, 0.15) is 25.3 Å². The van der Waals surface area contributed by atoms with E-state index in [1.807, 2.05) is 7.05 Å². The first-order valence-corrected chi connectivity index (χ1v) is 10.4. The predicted octanol–water partition coefficient (Wildman–Crippen LogP) is 1.28. The van der Waals surface area contributed by atoms with Gasteiger partial charge in [0.15, 0.2) is 0 Å². The van der Waals surface area contributed by atoms with Crippen LogP contribution < -0.4 is 20.9 Å². The molecule has 0 aromatic carbocycles. The molecule has 3 N–H and O–H groups in total. The Hall–Kier alpha value is -2.23. The van der Waals surface area contributed by atoms with Gasteiger partial charge in [0.2, 0.25) is 11.9 Å². The molecule has 0 amide bonds. The van der Waals surface area contributed by atoms with E-state index in [9.17, 15) is 0 Å². The van der Waals surface area contributed by atoms with Crippen molar-refractivity contribution in [2.24, 2.45) is 0 Å². The topological polar surface area (TPSA) is 105 Å². The Morgan fingerprint density at radius 3 is 2.60 bits per heavy atom. The number of fused-ring (bicyclic) bond motifs is 1. The average Bonchev–Trinajstić information content (AvgIpc) is 3.11. The number of nitrogen functional groups attached to an aromatic ring is 1. The summed E-state index contributed by atoms with van der Waals surface area (Å²) in [6.45, 7) is 5.32. The lowest BCUT2D eigenvalue weighted by molar-refractivity contribution is 0.0981. The number of halogens is 1. The van der Waals surface area contributed by atoms with Gasteiger partial charge in [0, 0.05) is 48.7 Å². The van der Waals surface area contributed by atoms with E-state index in [2.05, 4.69) is 32.0 Å². The van der Waals surface area contributed by atoms with E-state index in [0.29, 0.717) is 25.3 Å². The van der Waals surface area contributed by atoms with Crippen molar-refractivity contribution < 1.29 is 4.74 Å². The zero-order valence-electron chi connectivity index (χ0n) is 17.4. The number of rotatable bonds is 4. The summed E-state index contributed by atoms with van der Waals surface area (Å²) in [7, 11) is 2.04. The molecule has 0 unspecified atom stereocenters. The van der Waals surface area contributed by atoms with Crippen molar-refractivity contribution in [3.05, 3.63) is 18.0 Å². The van der Waals surface area contributed by atoms with Crippen LogP contribution in [0.3, 0.4) is 0 Å². The predicted molar refractivity (Wildman–Crippen MR) is 119 cm³/mol. The molecule has 1 saturated carbocycles. The number of aromatic nitrogens is 4. The van der Waals surface area contributed by atoms with Crippen LogP contribution in [-0.4, -0.2) is 71.4 Å². The smallest absolute Gasteiger partial charge is 0.228 e. The highest BCUT2D eigenvalue weighted by molar-refractivity contribution is 5.85. The molecule has 2 aromatic rings. The van der Waals surface area contributed by atoms with Crippen LogP contribution >= 0.6 is 12.4 Å². The molecule has 2 fully saturated rings. The van der Waals surface area contributed by atoms with E-state index in [-0.39, 0.29) is 24.4 Å². The fourth-order valence-electron chi connectivity index (χ4n) is 4.55. The Bertz CT molecular complexity index is 889. The van der Waals surface area contributed by atoms with Crippen molar-refractivity contribution in [1.82, 2.24) is 25.3 Å². The SMILES string of the molecule is CN[C@H]1C[C@@H](N2CCc3c(-c4cnc(N)nc4)nc(N4CCOC[C@@H]4C)nc32)C1.Cl. The van der Waals surface area contributed by atoms with E-state index in [0.717, 1.165) is 55.4 Å². The minimum Gasteiger partial charge on any atom is -0.377 e. The average molecular weight is 433 g/mol. The van der Waals surface area contributed by atoms with Gasteiger partial charge in [-0.1, -0.05) is 0 Å². The summed E-state index contributed by atoms with van der Waals surface area (Å²) in [5.41, 5.74) is 8.71. The molecule has 162 valence electrons. The van der Waals surface area contributed by atoms with Crippen LogP contribution in [0.2, 0.25) is 0 Å². The summed E-state index contributed by atoms with van der Waals surface area (Å²) in [4.78, 5) is 23.2. The molecule has 0 spiro atoms. The zero-order valence-corrected chi connectivity index (χ0v) is 18.2. The third kappa shape index (κ3) is 3.66. The normalized spacial score (nSPS) is 25.5. The first-order valence-electron chi connectivity index (χ1n) is 10.4. The number of nitrogens with two attached hydrogens (primary N) is 1. The Balaban J connectivity index is 0.00000218. The molecule has 9 nitrogen and oxygen atoms in total. The van der Waals surface area contributed by atoms with Gasteiger partial charge in [0.25, 0.3) is 0 Å². The van der Waals surface area contributed by atoms with Gasteiger partial charge >= 0.3 is 0 Å². The van der Waals surface area contributed by atoms with Gasteiger partial charge in [-0.15, -0.1) is 12.4 Å². The third-order valence-corrected chi connectivity index (χ3v) is 6.38. The van der Waals surface area contributed by atoms with Crippen LogP contribution in [0.5, 0.6) is 0 Å². The van der Waals surface area contributed by atoms with Gasteiger partial charge in [-0.3, -0.25) is 0 Å². The molecule has 1 atom stereocenters. The summed E-state index contributed by atoms with van der Waals surface area (Å²) in [6.07, 6.45) is 6.78. The van der Waals surface area contributed by atoms with Crippen molar-refractivity contribution in [2.45, 2.75) is 44.3 Å².